The van der Waals surface area contributed by atoms with Crippen LogP contribution in [0.1, 0.15) is 33.3 Å². The first-order valence-corrected chi connectivity index (χ1v) is 8.62. The lowest BCUT2D eigenvalue weighted by molar-refractivity contribution is 0.559. The van der Waals surface area contributed by atoms with Gasteiger partial charge in [0.1, 0.15) is 0 Å². The van der Waals surface area contributed by atoms with Gasteiger partial charge in [0.25, 0.3) is 0 Å². The fourth-order valence-electron chi connectivity index (χ4n) is 2.83. The zero-order valence-electron chi connectivity index (χ0n) is 16.4. The van der Waals surface area contributed by atoms with Crippen LogP contribution in [0, 0.1) is 0 Å². The molecule has 0 aliphatic carbocycles. The molecular weight excluding hydrogens is 326 g/mol. The molecule has 0 aliphatic heterocycles. The number of hydrogen-bond donors (Lipinski definition) is 0. The van der Waals surface area contributed by atoms with Gasteiger partial charge in [-0.25, -0.2) is 9.78 Å². The zero-order chi connectivity index (χ0) is 19.4. The van der Waals surface area contributed by atoms with Crippen LogP contribution in [0.5, 0.6) is 0 Å². The lowest BCUT2D eigenvalue weighted by Crippen LogP contribution is -2.25. The molecule has 2 heterocycles. The van der Waals surface area contributed by atoms with Gasteiger partial charge in [0, 0.05) is 25.9 Å². The Kier molecular flexibility index (Phi) is 6.08. The first-order chi connectivity index (χ1) is 12.3. The van der Waals surface area contributed by atoms with Gasteiger partial charge in [-0.1, -0.05) is 29.9 Å². The van der Waals surface area contributed by atoms with E-state index in [1.165, 1.54) is 5.57 Å². The molecule has 0 aromatic carbocycles. The molecule has 2 aromatic heterocycles. The van der Waals surface area contributed by atoms with E-state index >= 15 is 0 Å². The van der Waals surface area contributed by atoms with E-state index in [-0.39, 0.29) is 11.7 Å². The Morgan fingerprint density at radius 2 is 2.04 bits per heavy atom. The summed E-state index contributed by atoms with van der Waals surface area (Å²) in [4.78, 5) is 17.2. The minimum Gasteiger partial charge on any atom is -0.288 e. The number of allylic oxidation sites excluding steroid dienone is 5. The largest absolute Gasteiger partial charge is 0.330 e. The van der Waals surface area contributed by atoms with Crippen molar-refractivity contribution in [3.63, 3.8) is 0 Å². The molecule has 138 valence electrons. The molecule has 0 spiro atoms. The monoisotopic (exact) mass is 353 g/mol. The van der Waals surface area contributed by atoms with Crippen LogP contribution in [-0.4, -0.2) is 27.2 Å². The van der Waals surface area contributed by atoms with Gasteiger partial charge in [0.15, 0.2) is 5.65 Å². The summed E-state index contributed by atoms with van der Waals surface area (Å²) in [5.41, 5.74) is 5.43. The van der Waals surface area contributed by atoms with Crippen LogP contribution in [0.2, 0.25) is 0 Å². The van der Waals surface area contributed by atoms with Crippen LogP contribution >= 0.6 is 0 Å². The quantitative estimate of drug-likeness (QED) is 0.579. The topological polar surface area (TPSA) is 64.5 Å². The van der Waals surface area contributed by atoms with Crippen molar-refractivity contribution in [2.24, 2.45) is 17.3 Å². The highest BCUT2D eigenvalue weighted by molar-refractivity contribution is 5.84. The Hall–Kier alpha value is -2.76. The summed E-state index contributed by atoms with van der Waals surface area (Å²) >= 11 is 0. The molecule has 2 aromatic rings. The van der Waals surface area contributed by atoms with Gasteiger partial charge in [0.05, 0.1) is 18.1 Å². The first kappa shape index (κ1) is 19.6. The van der Waals surface area contributed by atoms with Gasteiger partial charge >= 0.3 is 5.69 Å². The predicted octanol–water partition coefficient (Wildman–Crippen LogP) is 4.13. The molecule has 6 nitrogen and oxygen atoms in total. The number of hydrogen-bond acceptors (Lipinski definition) is 4. The van der Waals surface area contributed by atoms with Crippen molar-refractivity contribution in [2.75, 3.05) is 7.05 Å². The first-order valence-electron chi connectivity index (χ1n) is 8.62. The third-order valence-electron chi connectivity index (χ3n) is 4.09. The van der Waals surface area contributed by atoms with Crippen molar-refractivity contribution >= 4 is 16.7 Å². The summed E-state index contributed by atoms with van der Waals surface area (Å²) in [5.74, 6) is 0. The second-order valence-electron chi connectivity index (χ2n) is 6.79. The Bertz CT molecular complexity index is 968. The van der Waals surface area contributed by atoms with Crippen LogP contribution in [-0.2, 0) is 13.6 Å². The minimum absolute atomic E-state index is 0.0891. The van der Waals surface area contributed by atoms with E-state index in [1.54, 1.807) is 29.4 Å². The summed E-state index contributed by atoms with van der Waals surface area (Å²) in [6.45, 7) is 12.5. The molecule has 0 saturated heterocycles. The number of rotatable bonds is 6. The van der Waals surface area contributed by atoms with Gasteiger partial charge in [-0.15, -0.1) is 0 Å². The van der Waals surface area contributed by atoms with Crippen molar-refractivity contribution in [1.82, 2.24) is 14.1 Å². The number of imidazole rings is 1. The van der Waals surface area contributed by atoms with E-state index in [4.69, 9.17) is 0 Å². The van der Waals surface area contributed by atoms with E-state index in [0.717, 1.165) is 22.2 Å². The Morgan fingerprint density at radius 3 is 2.62 bits per heavy atom. The minimum atomic E-state index is -0.104. The lowest BCUT2D eigenvalue weighted by atomic mass is 10.0. The van der Waals surface area contributed by atoms with E-state index in [9.17, 15) is 4.79 Å². The average Bonchev–Trinajstić information content (AvgIpc) is 2.79. The molecule has 2 rings (SSSR count). The maximum atomic E-state index is 12.6. The highest BCUT2D eigenvalue weighted by atomic mass is 16.1. The summed E-state index contributed by atoms with van der Waals surface area (Å²) in [7, 11) is 3.37. The Labute approximate surface area is 154 Å². The van der Waals surface area contributed by atoms with Crippen molar-refractivity contribution < 1.29 is 0 Å². The number of aromatic nitrogens is 3. The number of aryl methyl sites for hydroxylation is 1. The molecule has 6 heteroatoms. The highest BCUT2D eigenvalue weighted by Crippen LogP contribution is 2.24. The van der Waals surface area contributed by atoms with Crippen LogP contribution in [0.3, 0.4) is 0 Å². The molecule has 0 bridgehead atoms. The number of fused-ring (bicyclic) bond motifs is 1. The summed E-state index contributed by atoms with van der Waals surface area (Å²) < 4.78 is 3.28. The summed E-state index contributed by atoms with van der Waals surface area (Å²) in [5, 5.41) is 7.93. The van der Waals surface area contributed by atoms with Gasteiger partial charge < -0.3 is 0 Å². The van der Waals surface area contributed by atoms with Gasteiger partial charge in [-0.2, -0.15) is 10.2 Å². The van der Waals surface area contributed by atoms with Crippen molar-refractivity contribution in [3.05, 3.63) is 58.2 Å². The number of pyridine rings is 1. The maximum absolute atomic E-state index is 12.6. The fraction of sp³-hybridized carbons (Fsp3) is 0.400. The van der Waals surface area contributed by atoms with E-state index in [1.807, 2.05) is 39.8 Å². The van der Waals surface area contributed by atoms with E-state index < -0.39 is 0 Å². The molecule has 0 amide bonds. The van der Waals surface area contributed by atoms with Gasteiger partial charge in [0.2, 0.25) is 0 Å². The second-order valence-corrected chi connectivity index (χ2v) is 6.79. The predicted molar refractivity (Wildman–Crippen MR) is 107 cm³/mol. The van der Waals surface area contributed by atoms with Gasteiger partial charge in [-0.3, -0.25) is 9.13 Å². The van der Waals surface area contributed by atoms with Crippen LogP contribution < -0.4 is 5.69 Å². The molecule has 26 heavy (non-hydrogen) atoms. The third-order valence-corrected chi connectivity index (χ3v) is 4.09. The molecule has 0 aliphatic rings. The van der Waals surface area contributed by atoms with Crippen molar-refractivity contribution in [3.8, 4) is 0 Å². The highest BCUT2D eigenvalue weighted by Gasteiger charge is 2.15. The van der Waals surface area contributed by atoms with Crippen molar-refractivity contribution in [1.29, 1.82) is 0 Å². The molecule has 0 fully saturated rings. The van der Waals surface area contributed by atoms with Crippen LogP contribution in [0.15, 0.2) is 57.2 Å². The lowest BCUT2D eigenvalue weighted by Gasteiger charge is -2.09. The Balaban J connectivity index is 2.65. The maximum Gasteiger partial charge on any atom is 0.330 e. The van der Waals surface area contributed by atoms with E-state index in [0.29, 0.717) is 12.2 Å². The zero-order valence-corrected chi connectivity index (χ0v) is 16.4. The summed E-state index contributed by atoms with van der Waals surface area (Å²) in [6, 6.07) is 1.91. The molecule has 0 N–H and O–H groups in total. The fourth-order valence-corrected chi connectivity index (χ4v) is 2.83. The number of azo groups is 1. The van der Waals surface area contributed by atoms with Gasteiger partial charge in [-0.05, 0) is 39.3 Å². The molecule has 0 saturated carbocycles. The third kappa shape index (κ3) is 4.07. The number of nitrogens with zero attached hydrogens (tertiary/aromatic N) is 5. The molecule has 1 unspecified atom stereocenters. The normalized spacial score (nSPS) is 13.4. The van der Waals surface area contributed by atoms with E-state index in [2.05, 4.69) is 27.9 Å². The molecular formula is C20H27N5O. The summed E-state index contributed by atoms with van der Waals surface area (Å²) in [6.07, 6.45) is 5.89. The Morgan fingerprint density at radius 1 is 1.35 bits per heavy atom. The molecule has 0 radical (unpaired) electrons. The van der Waals surface area contributed by atoms with Crippen LogP contribution in [0.25, 0.3) is 16.7 Å². The second kappa shape index (κ2) is 8.08. The standard InChI is InChI=1S/C20H27N5O/c1-13(2)8-9-17(14(3)4)16-10-18-19(22-11-16)24(7)20(26)25(18)12-15(5)23-21-6/h8-11,15H,3,12H2,1-2,4-7H3/b17-9+,23-21?. The molecule has 1 atom stereocenters. The average molecular weight is 353 g/mol. The smallest absolute Gasteiger partial charge is 0.288 e. The van der Waals surface area contributed by atoms with Crippen LogP contribution in [0.4, 0.5) is 0 Å². The SMILES string of the molecule is C=C(C)/C(=C\C=C(C)C)c1cnc2c(c1)n(CC(C)N=NC)c(=O)n2C. The van der Waals surface area contributed by atoms with Crippen molar-refractivity contribution in [2.45, 2.75) is 40.3 Å².